The molecule has 174 valence electrons. The Labute approximate surface area is 236 Å². The van der Waals surface area contributed by atoms with E-state index in [0.29, 0.717) is 6.42 Å². The second-order valence-electron chi connectivity index (χ2n) is 8.09. The maximum Gasteiger partial charge on any atom is 1.00 e. The van der Waals surface area contributed by atoms with Crippen LogP contribution >= 0.6 is 0 Å². The number of hydrogen-bond donors (Lipinski definition) is 3. The number of carbonyl (C=O) groups is 3. The quantitative estimate of drug-likeness (QED) is 0.164. The normalized spacial score (nSPS) is 11.1. The number of amides is 1. The van der Waals surface area contributed by atoms with Crippen molar-refractivity contribution in [1.29, 1.82) is 0 Å². The van der Waals surface area contributed by atoms with Crippen LogP contribution in [0.4, 0.5) is 0 Å². The molecule has 1 atom stereocenters. The number of carbonyl (C=O) groups excluding carboxylic acids is 1. The van der Waals surface area contributed by atoms with Gasteiger partial charge in [-0.25, -0.2) is 4.79 Å². The van der Waals surface area contributed by atoms with Crippen LogP contribution in [0.5, 0.6) is 0 Å². The number of unbranched alkanes of at least 4 members (excludes halogenated alkanes) is 14. The van der Waals surface area contributed by atoms with Crippen molar-refractivity contribution < 1.29 is 86.6 Å². The molecule has 0 heterocycles. The smallest absolute Gasteiger partial charge is 1.00 e. The number of rotatable bonds is 21. The maximum atomic E-state index is 11.8. The third-order valence-corrected chi connectivity index (χ3v) is 5.29. The molecule has 1 amide bonds. The second kappa shape index (κ2) is 26.7. The van der Waals surface area contributed by atoms with E-state index in [9.17, 15) is 14.4 Å². The molecule has 0 aromatic rings. The molecule has 0 aromatic heterocycles. The molecule has 0 rings (SSSR count). The summed E-state index contributed by atoms with van der Waals surface area (Å²) in [4.78, 5) is 33.4. The molecular formula is C23H45NNa2O5. The van der Waals surface area contributed by atoms with Crippen molar-refractivity contribution in [2.75, 3.05) is 0 Å². The van der Waals surface area contributed by atoms with Crippen molar-refractivity contribution in [3.63, 3.8) is 0 Å². The van der Waals surface area contributed by atoms with Gasteiger partial charge in [-0.05, 0) is 12.8 Å². The first kappa shape index (κ1) is 36.0. The fraction of sp³-hybridized carbons (Fsp3) is 0.870. The molecular weight excluding hydrogens is 416 g/mol. The van der Waals surface area contributed by atoms with Gasteiger partial charge in [-0.1, -0.05) is 96.8 Å². The summed E-state index contributed by atoms with van der Waals surface area (Å²) in [5.41, 5.74) is 0. The summed E-state index contributed by atoms with van der Waals surface area (Å²) < 4.78 is 0. The number of aliphatic carboxylic acids is 2. The number of carboxylic acid groups (broad SMARTS) is 2. The van der Waals surface area contributed by atoms with E-state index in [0.717, 1.165) is 19.3 Å². The van der Waals surface area contributed by atoms with E-state index in [1.807, 2.05) is 0 Å². The Hall–Kier alpha value is 0.410. The maximum absolute atomic E-state index is 11.8. The van der Waals surface area contributed by atoms with Crippen LogP contribution in [-0.2, 0) is 14.4 Å². The van der Waals surface area contributed by atoms with Gasteiger partial charge in [-0.15, -0.1) is 0 Å². The summed E-state index contributed by atoms with van der Waals surface area (Å²) in [7, 11) is 0. The monoisotopic (exact) mass is 461 g/mol. The van der Waals surface area contributed by atoms with E-state index in [2.05, 4.69) is 12.2 Å². The van der Waals surface area contributed by atoms with E-state index < -0.39 is 18.0 Å². The summed E-state index contributed by atoms with van der Waals surface area (Å²) in [6.45, 7) is 2.25. The van der Waals surface area contributed by atoms with E-state index >= 15 is 0 Å². The van der Waals surface area contributed by atoms with Gasteiger partial charge in [-0.2, -0.15) is 0 Å². The van der Waals surface area contributed by atoms with Gasteiger partial charge in [0.25, 0.3) is 0 Å². The zero-order valence-electron chi connectivity index (χ0n) is 22.4. The average molecular weight is 462 g/mol. The van der Waals surface area contributed by atoms with Gasteiger partial charge in [0.1, 0.15) is 6.04 Å². The average Bonchev–Trinajstić information content (AvgIpc) is 2.67. The predicted molar refractivity (Wildman–Crippen MR) is 118 cm³/mol. The Bertz CT molecular complexity index is 461. The van der Waals surface area contributed by atoms with Crippen molar-refractivity contribution in [2.24, 2.45) is 0 Å². The SMILES string of the molecule is CCCCCCCCCCCCCCCCCC(=O)NC(CCC(=O)O)C(=O)O.[H-].[H-].[Na+].[Na+]. The van der Waals surface area contributed by atoms with Crippen molar-refractivity contribution >= 4 is 17.8 Å². The molecule has 0 saturated heterocycles. The summed E-state index contributed by atoms with van der Waals surface area (Å²) >= 11 is 0. The fourth-order valence-corrected chi connectivity index (χ4v) is 3.45. The minimum atomic E-state index is -1.18. The number of carboxylic acids is 2. The molecule has 0 aliphatic rings. The van der Waals surface area contributed by atoms with Gasteiger partial charge in [0.15, 0.2) is 0 Å². The molecule has 0 spiro atoms. The van der Waals surface area contributed by atoms with Gasteiger partial charge in [0.05, 0.1) is 0 Å². The van der Waals surface area contributed by atoms with Crippen molar-refractivity contribution in [3.8, 4) is 0 Å². The minimum Gasteiger partial charge on any atom is -1.00 e. The van der Waals surface area contributed by atoms with Crippen LogP contribution in [0, 0.1) is 0 Å². The Balaban J connectivity index is -0.000000653. The molecule has 0 aliphatic heterocycles. The first-order valence-corrected chi connectivity index (χ1v) is 11.7. The van der Waals surface area contributed by atoms with Gasteiger partial charge in [0.2, 0.25) is 5.91 Å². The third kappa shape index (κ3) is 26.5. The molecule has 0 aromatic carbocycles. The summed E-state index contributed by atoms with van der Waals surface area (Å²) in [6.07, 6.45) is 18.8. The van der Waals surface area contributed by atoms with Crippen molar-refractivity contribution in [1.82, 2.24) is 5.32 Å². The van der Waals surface area contributed by atoms with Gasteiger partial charge in [0, 0.05) is 12.8 Å². The van der Waals surface area contributed by atoms with Gasteiger partial charge < -0.3 is 18.4 Å². The fourth-order valence-electron chi connectivity index (χ4n) is 3.45. The van der Waals surface area contributed by atoms with Crippen molar-refractivity contribution in [3.05, 3.63) is 0 Å². The molecule has 0 bridgehead atoms. The molecule has 31 heavy (non-hydrogen) atoms. The topological polar surface area (TPSA) is 104 Å². The summed E-state index contributed by atoms with van der Waals surface area (Å²) in [5.74, 6) is -2.55. The van der Waals surface area contributed by atoms with Crippen LogP contribution < -0.4 is 64.4 Å². The first-order chi connectivity index (χ1) is 14.0. The van der Waals surface area contributed by atoms with Crippen molar-refractivity contribution in [2.45, 2.75) is 129 Å². The molecule has 0 fully saturated rings. The summed E-state index contributed by atoms with van der Waals surface area (Å²) in [6, 6.07) is -1.12. The van der Waals surface area contributed by atoms with Crippen LogP contribution in [0.3, 0.4) is 0 Å². The zero-order valence-corrected chi connectivity index (χ0v) is 24.4. The largest absolute Gasteiger partial charge is 1.00 e. The molecule has 0 radical (unpaired) electrons. The van der Waals surface area contributed by atoms with Gasteiger partial charge in [-0.3, -0.25) is 9.59 Å². The number of hydrogen-bond acceptors (Lipinski definition) is 3. The van der Waals surface area contributed by atoms with Crippen LogP contribution in [0.25, 0.3) is 0 Å². The Morgan fingerprint density at radius 1 is 0.677 bits per heavy atom. The Morgan fingerprint density at radius 2 is 1.06 bits per heavy atom. The molecule has 8 heteroatoms. The summed E-state index contributed by atoms with van der Waals surface area (Å²) in [5, 5.41) is 20.1. The van der Waals surface area contributed by atoms with Crippen LogP contribution in [0.2, 0.25) is 0 Å². The minimum absolute atomic E-state index is 0. The van der Waals surface area contributed by atoms with Crippen LogP contribution in [0.15, 0.2) is 0 Å². The molecule has 6 nitrogen and oxygen atoms in total. The van der Waals surface area contributed by atoms with E-state index in [1.165, 1.54) is 77.0 Å². The van der Waals surface area contributed by atoms with E-state index in [4.69, 9.17) is 10.2 Å². The van der Waals surface area contributed by atoms with Gasteiger partial charge >= 0.3 is 71.1 Å². The van der Waals surface area contributed by atoms with E-state index in [-0.39, 0.29) is 80.7 Å². The molecule has 0 saturated carbocycles. The molecule has 3 N–H and O–H groups in total. The Morgan fingerprint density at radius 3 is 1.42 bits per heavy atom. The van der Waals surface area contributed by atoms with Crippen LogP contribution in [-0.4, -0.2) is 34.1 Å². The van der Waals surface area contributed by atoms with E-state index in [1.54, 1.807) is 0 Å². The molecule has 0 aliphatic carbocycles. The zero-order chi connectivity index (χ0) is 21.7. The van der Waals surface area contributed by atoms with Crippen LogP contribution in [0.1, 0.15) is 125 Å². The first-order valence-electron chi connectivity index (χ1n) is 11.7. The second-order valence-corrected chi connectivity index (χ2v) is 8.09. The standard InChI is InChI=1S/C23H43NO5.2Na.2H/c1-2-3-4-5-6-7-8-9-10-11-12-13-14-15-16-17-21(25)24-20(23(28)29)18-19-22(26)27;;;;/h20H,2-19H2,1H3,(H,24,25)(H,26,27)(H,28,29);;;;/q;2*+1;2*-1. The predicted octanol–water partition coefficient (Wildman–Crippen LogP) is -0.0849. The number of nitrogens with one attached hydrogen (secondary N) is 1. The molecule has 1 unspecified atom stereocenters. The third-order valence-electron chi connectivity index (χ3n) is 5.29. The Kier molecular flexibility index (Phi) is 31.0.